The fourth-order valence-electron chi connectivity index (χ4n) is 1.42. The molecular weight excluding hydrogens is 217 g/mol. The Labute approximate surface area is 92.9 Å². The quantitative estimate of drug-likeness (QED) is 0.832. The Morgan fingerprint density at radius 3 is 2.25 bits per heavy atom. The van der Waals surface area contributed by atoms with Gasteiger partial charge < -0.3 is 10.6 Å². The summed E-state index contributed by atoms with van der Waals surface area (Å²) in [6.45, 7) is 3.75. The highest BCUT2D eigenvalue weighted by Crippen LogP contribution is 2.36. The van der Waals surface area contributed by atoms with Gasteiger partial charge in [-0.2, -0.15) is 13.2 Å². The van der Waals surface area contributed by atoms with E-state index in [1.165, 1.54) is 13.1 Å². The van der Waals surface area contributed by atoms with Gasteiger partial charge in [0.2, 0.25) is 0 Å². The number of halogens is 3. The maximum absolute atomic E-state index is 12.7. The van der Waals surface area contributed by atoms with Crippen molar-refractivity contribution in [2.24, 2.45) is 0 Å². The number of hydrogen-bond donors (Lipinski definition) is 2. The third-order valence-electron chi connectivity index (χ3n) is 2.05. The van der Waals surface area contributed by atoms with E-state index in [9.17, 15) is 13.2 Å². The van der Waals surface area contributed by atoms with Crippen molar-refractivity contribution >= 4 is 11.4 Å². The van der Waals surface area contributed by atoms with Crippen LogP contribution in [0.15, 0.2) is 18.2 Å². The second-order valence-electron chi connectivity index (χ2n) is 3.81. The Morgan fingerprint density at radius 1 is 1.19 bits per heavy atom. The van der Waals surface area contributed by atoms with E-state index in [4.69, 9.17) is 0 Å². The molecule has 0 aliphatic heterocycles. The van der Waals surface area contributed by atoms with E-state index in [0.29, 0.717) is 5.69 Å². The Hall–Kier alpha value is -1.39. The lowest BCUT2D eigenvalue weighted by Crippen LogP contribution is -2.13. The number of benzene rings is 1. The normalized spacial score (nSPS) is 11.7. The van der Waals surface area contributed by atoms with Gasteiger partial charge in [-0.05, 0) is 32.0 Å². The second kappa shape index (κ2) is 4.63. The van der Waals surface area contributed by atoms with Crippen molar-refractivity contribution in [3.8, 4) is 0 Å². The minimum atomic E-state index is -4.34. The van der Waals surface area contributed by atoms with Crippen LogP contribution in [-0.4, -0.2) is 13.1 Å². The largest absolute Gasteiger partial charge is 0.418 e. The molecule has 1 rings (SSSR count). The van der Waals surface area contributed by atoms with E-state index in [1.807, 2.05) is 13.8 Å². The summed E-state index contributed by atoms with van der Waals surface area (Å²) in [5.41, 5.74) is -0.0937. The molecule has 2 nitrogen and oxygen atoms in total. The molecule has 0 atom stereocenters. The summed E-state index contributed by atoms with van der Waals surface area (Å²) in [6.07, 6.45) is -4.34. The summed E-state index contributed by atoms with van der Waals surface area (Å²) < 4.78 is 38.1. The van der Waals surface area contributed by atoms with Crippen LogP contribution in [0.5, 0.6) is 0 Å². The van der Waals surface area contributed by atoms with Gasteiger partial charge in [0, 0.05) is 24.5 Å². The minimum absolute atomic E-state index is 0.0850. The first-order valence-electron chi connectivity index (χ1n) is 5.00. The number of rotatable bonds is 3. The van der Waals surface area contributed by atoms with Crippen LogP contribution >= 0.6 is 0 Å². The number of hydrogen-bond acceptors (Lipinski definition) is 2. The fourth-order valence-corrected chi connectivity index (χ4v) is 1.42. The Bertz CT molecular complexity index is 359. The molecule has 2 N–H and O–H groups in total. The molecule has 0 bridgehead atoms. The predicted molar refractivity (Wildman–Crippen MR) is 59.7 cm³/mol. The molecule has 0 aliphatic rings. The molecule has 1 aromatic rings. The van der Waals surface area contributed by atoms with Crippen LogP contribution in [0.1, 0.15) is 19.4 Å². The predicted octanol–water partition coefficient (Wildman–Crippen LogP) is 3.57. The van der Waals surface area contributed by atoms with Gasteiger partial charge in [0.25, 0.3) is 0 Å². The van der Waals surface area contributed by atoms with Crippen molar-refractivity contribution in [3.63, 3.8) is 0 Å². The van der Waals surface area contributed by atoms with Crippen LogP contribution in [0, 0.1) is 0 Å². The standard InChI is InChI=1S/C11H15F3N2/c1-7(2)16-8-4-5-10(15-3)9(6-8)11(12,13)14/h4-7,15-16H,1-3H3. The van der Waals surface area contributed by atoms with Crippen molar-refractivity contribution in [3.05, 3.63) is 23.8 Å². The Morgan fingerprint density at radius 2 is 1.81 bits per heavy atom. The number of alkyl halides is 3. The summed E-state index contributed by atoms with van der Waals surface area (Å²) in [5, 5.41) is 5.48. The van der Waals surface area contributed by atoms with Gasteiger partial charge in [-0.15, -0.1) is 0 Å². The van der Waals surface area contributed by atoms with Gasteiger partial charge >= 0.3 is 6.18 Å². The van der Waals surface area contributed by atoms with Crippen LogP contribution in [-0.2, 0) is 6.18 Å². The van der Waals surface area contributed by atoms with Crippen molar-refractivity contribution in [1.29, 1.82) is 0 Å². The van der Waals surface area contributed by atoms with E-state index < -0.39 is 11.7 Å². The zero-order chi connectivity index (χ0) is 12.3. The highest BCUT2D eigenvalue weighted by molar-refractivity contribution is 5.60. The number of anilines is 2. The van der Waals surface area contributed by atoms with Crippen LogP contribution in [0.3, 0.4) is 0 Å². The molecule has 0 aromatic heterocycles. The molecule has 0 unspecified atom stereocenters. The Balaban J connectivity index is 3.12. The molecule has 0 aliphatic carbocycles. The molecule has 0 heterocycles. The van der Waals surface area contributed by atoms with Gasteiger partial charge in [0.1, 0.15) is 0 Å². The van der Waals surface area contributed by atoms with Crippen molar-refractivity contribution in [2.75, 3.05) is 17.7 Å². The molecule has 0 fully saturated rings. The lowest BCUT2D eigenvalue weighted by atomic mass is 10.1. The van der Waals surface area contributed by atoms with Crippen LogP contribution < -0.4 is 10.6 Å². The first-order valence-corrected chi connectivity index (χ1v) is 5.00. The molecule has 1 aromatic carbocycles. The second-order valence-corrected chi connectivity index (χ2v) is 3.81. The van der Waals surface area contributed by atoms with Gasteiger partial charge in [-0.3, -0.25) is 0 Å². The van der Waals surface area contributed by atoms with Gasteiger partial charge in [-0.1, -0.05) is 0 Å². The van der Waals surface area contributed by atoms with E-state index in [-0.39, 0.29) is 11.7 Å². The molecule has 90 valence electrons. The topological polar surface area (TPSA) is 24.1 Å². The zero-order valence-electron chi connectivity index (χ0n) is 9.44. The van der Waals surface area contributed by atoms with E-state index in [2.05, 4.69) is 10.6 Å². The van der Waals surface area contributed by atoms with E-state index in [0.717, 1.165) is 6.07 Å². The van der Waals surface area contributed by atoms with Crippen molar-refractivity contribution < 1.29 is 13.2 Å². The lowest BCUT2D eigenvalue weighted by molar-refractivity contribution is -0.136. The zero-order valence-corrected chi connectivity index (χ0v) is 9.44. The molecular formula is C11H15F3N2. The molecule has 16 heavy (non-hydrogen) atoms. The molecule has 0 amide bonds. The number of nitrogens with one attached hydrogen (secondary N) is 2. The molecule has 0 saturated carbocycles. The lowest BCUT2D eigenvalue weighted by Gasteiger charge is -2.16. The smallest absolute Gasteiger partial charge is 0.388 e. The Kier molecular flexibility index (Phi) is 3.67. The summed E-state index contributed by atoms with van der Waals surface area (Å²) in [7, 11) is 1.47. The average Bonchev–Trinajstić information content (AvgIpc) is 2.15. The minimum Gasteiger partial charge on any atom is -0.388 e. The first kappa shape index (κ1) is 12.7. The third kappa shape index (κ3) is 3.05. The summed E-state index contributed by atoms with van der Waals surface area (Å²) >= 11 is 0. The van der Waals surface area contributed by atoms with E-state index >= 15 is 0 Å². The molecule has 0 spiro atoms. The first-order chi connectivity index (χ1) is 7.34. The summed E-state index contributed by atoms with van der Waals surface area (Å²) in [4.78, 5) is 0. The van der Waals surface area contributed by atoms with Crippen LogP contribution in [0.25, 0.3) is 0 Å². The monoisotopic (exact) mass is 232 g/mol. The highest BCUT2D eigenvalue weighted by Gasteiger charge is 2.33. The van der Waals surface area contributed by atoms with Gasteiger partial charge in [-0.25, -0.2) is 0 Å². The molecule has 0 radical (unpaired) electrons. The SMILES string of the molecule is CNc1ccc(NC(C)C)cc1C(F)(F)F. The summed E-state index contributed by atoms with van der Waals surface area (Å²) in [5.74, 6) is 0. The molecule has 5 heteroatoms. The fraction of sp³-hybridized carbons (Fsp3) is 0.455. The van der Waals surface area contributed by atoms with E-state index in [1.54, 1.807) is 6.07 Å². The highest BCUT2D eigenvalue weighted by atomic mass is 19.4. The van der Waals surface area contributed by atoms with Gasteiger partial charge in [0.05, 0.1) is 5.56 Å². The van der Waals surface area contributed by atoms with Crippen LogP contribution in [0.4, 0.5) is 24.5 Å². The van der Waals surface area contributed by atoms with Crippen molar-refractivity contribution in [1.82, 2.24) is 0 Å². The summed E-state index contributed by atoms with van der Waals surface area (Å²) in [6, 6.07) is 4.27. The maximum Gasteiger partial charge on any atom is 0.418 e. The van der Waals surface area contributed by atoms with Crippen molar-refractivity contribution in [2.45, 2.75) is 26.1 Å². The molecule has 0 saturated heterocycles. The average molecular weight is 232 g/mol. The third-order valence-corrected chi connectivity index (χ3v) is 2.05. The maximum atomic E-state index is 12.7. The van der Waals surface area contributed by atoms with Gasteiger partial charge in [0.15, 0.2) is 0 Å². The van der Waals surface area contributed by atoms with Crippen LogP contribution in [0.2, 0.25) is 0 Å².